The normalized spacial score (nSPS) is 10.8. The molecular formula is C22H17NO5S. The van der Waals surface area contributed by atoms with Crippen molar-refractivity contribution < 1.29 is 18.7 Å². The first kappa shape index (κ1) is 18.9. The van der Waals surface area contributed by atoms with Crippen LogP contribution in [0.25, 0.3) is 32.8 Å². The summed E-state index contributed by atoms with van der Waals surface area (Å²) < 4.78 is 16.1. The zero-order valence-corrected chi connectivity index (χ0v) is 16.6. The minimum absolute atomic E-state index is 0.0968. The van der Waals surface area contributed by atoms with Gasteiger partial charge < -0.3 is 13.9 Å². The number of nitrogens with zero attached hydrogens (tertiary/aromatic N) is 1. The van der Waals surface area contributed by atoms with Crippen LogP contribution in [0.1, 0.15) is 17.5 Å². The highest BCUT2D eigenvalue weighted by Crippen LogP contribution is 2.31. The molecule has 0 N–H and O–H groups in total. The largest absolute Gasteiger partial charge is 0.497 e. The van der Waals surface area contributed by atoms with Gasteiger partial charge in [-0.1, -0.05) is 30.3 Å². The van der Waals surface area contributed by atoms with Crippen LogP contribution in [-0.4, -0.2) is 24.7 Å². The van der Waals surface area contributed by atoms with Gasteiger partial charge in [-0.05, 0) is 19.1 Å². The number of rotatable bonds is 5. The Labute approximate surface area is 170 Å². The lowest BCUT2D eigenvalue weighted by atomic mass is 10.1. The average molecular weight is 407 g/mol. The molecule has 0 unspecified atom stereocenters. The third-order valence-electron chi connectivity index (χ3n) is 4.34. The Morgan fingerprint density at radius 2 is 1.97 bits per heavy atom. The molecule has 146 valence electrons. The van der Waals surface area contributed by atoms with E-state index in [1.807, 2.05) is 30.3 Å². The summed E-state index contributed by atoms with van der Waals surface area (Å²) in [5.41, 5.74) is 1.31. The van der Waals surface area contributed by atoms with E-state index >= 15 is 0 Å². The molecule has 0 spiro atoms. The van der Waals surface area contributed by atoms with Crippen molar-refractivity contribution in [1.29, 1.82) is 0 Å². The van der Waals surface area contributed by atoms with Gasteiger partial charge in [-0.2, -0.15) is 0 Å². The lowest BCUT2D eigenvalue weighted by Crippen LogP contribution is -2.15. The molecular weight excluding hydrogens is 390 g/mol. The van der Waals surface area contributed by atoms with Gasteiger partial charge in [-0.3, -0.25) is 4.79 Å². The van der Waals surface area contributed by atoms with Gasteiger partial charge >= 0.3 is 5.97 Å². The molecule has 6 nitrogen and oxygen atoms in total. The summed E-state index contributed by atoms with van der Waals surface area (Å²) >= 11 is 1.39. The molecule has 0 aliphatic carbocycles. The minimum atomic E-state index is -0.710. The third-order valence-corrected chi connectivity index (χ3v) is 5.23. The van der Waals surface area contributed by atoms with E-state index in [-0.39, 0.29) is 28.9 Å². The van der Waals surface area contributed by atoms with Crippen LogP contribution in [0.15, 0.2) is 63.1 Å². The second-order valence-corrected chi connectivity index (χ2v) is 6.98. The van der Waals surface area contributed by atoms with Gasteiger partial charge in [-0.15, -0.1) is 11.3 Å². The van der Waals surface area contributed by atoms with Gasteiger partial charge in [0.25, 0.3) is 0 Å². The Morgan fingerprint density at radius 1 is 1.17 bits per heavy atom. The monoisotopic (exact) mass is 407 g/mol. The first-order valence-corrected chi connectivity index (χ1v) is 9.83. The van der Waals surface area contributed by atoms with Crippen molar-refractivity contribution in [2.24, 2.45) is 0 Å². The van der Waals surface area contributed by atoms with Gasteiger partial charge in [0.1, 0.15) is 16.3 Å². The van der Waals surface area contributed by atoms with E-state index in [1.54, 1.807) is 30.5 Å². The molecule has 2 aromatic heterocycles. The fourth-order valence-corrected chi connectivity index (χ4v) is 3.79. The average Bonchev–Trinajstić information content (AvgIpc) is 3.23. The van der Waals surface area contributed by atoms with E-state index in [0.717, 1.165) is 10.6 Å². The molecule has 0 bridgehead atoms. The maximum Gasteiger partial charge on any atom is 0.375 e. The van der Waals surface area contributed by atoms with E-state index < -0.39 is 5.97 Å². The summed E-state index contributed by atoms with van der Waals surface area (Å²) in [6, 6.07) is 14.5. The number of hydrogen-bond acceptors (Lipinski definition) is 7. The van der Waals surface area contributed by atoms with E-state index in [1.165, 1.54) is 18.4 Å². The van der Waals surface area contributed by atoms with Crippen molar-refractivity contribution >= 4 is 28.3 Å². The molecule has 0 saturated carbocycles. The van der Waals surface area contributed by atoms with Crippen LogP contribution in [0.5, 0.6) is 5.75 Å². The summed E-state index contributed by atoms with van der Waals surface area (Å²) in [6.45, 7) is 1.85. The number of thiazole rings is 1. The summed E-state index contributed by atoms with van der Waals surface area (Å²) in [7, 11) is 1.51. The quantitative estimate of drug-likeness (QED) is 0.444. The second-order valence-electron chi connectivity index (χ2n) is 6.12. The van der Waals surface area contributed by atoms with Crippen molar-refractivity contribution in [2.75, 3.05) is 13.7 Å². The zero-order valence-electron chi connectivity index (χ0n) is 15.8. The zero-order chi connectivity index (χ0) is 20.4. The number of carbonyl (C=O) groups excluding carboxylic acids is 1. The van der Waals surface area contributed by atoms with Gasteiger partial charge in [0.2, 0.25) is 11.2 Å². The minimum Gasteiger partial charge on any atom is -0.497 e. The fourth-order valence-electron chi connectivity index (χ4n) is 2.98. The predicted octanol–water partition coefficient (Wildman–Crippen LogP) is 4.77. The maximum atomic E-state index is 13.3. The Balaban J connectivity index is 1.94. The highest BCUT2D eigenvalue weighted by Gasteiger charge is 2.25. The Hall–Kier alpha value is -3.45. The van der Waals surface area contributed by atoms with Crippen molar-refractivity contribution in [3.05, 3.63) is 69.9 Å². The molecule has 0 saturated heterocycles. The highest BCUT2D eigenvalue weighted by molar-refractivity contribution is 7.13. The number of hydrogen-bond donors (Lipinski definition) is 0. The van der Waals surface area contributed by atoms with Crippen LogP contribution < -0.4 is 10.2 Å². The summed E-state index contributed by atoms with van der Waals surface area (Å²) in [4.78, 5) is 30.4. The number of benzene rings is 2. The first-order chi connectivity index (χ1) is 14.1. The Bertz CT molecular complexity index is 1240. The van der Waals surface area contributed by atoms with Crippen LogP contribution >= 0.6 is 11.3 Å². The number of aromatic nitrogens is 1. The Morgan fingerprint density at radius 3 is 2.69 bits per heavy atom. The molecule has 0 radical (unpaired) electrons. The third kappa shape index (κ3) is 3.52. The molecule has 0 aliphatic heterocycles. The Kier molecular flexibility index (Phi) is 5.14. The van der Waals surface area contributed by atoms with Crippen molar-refractivity contribution in [3.8, 4) is 27.6 Å². The molecule has 29 heavy (non-hydrogen) atoms. The number of esters is 1. The molecule has 2 aromatic carbocycles. The predicted molar refractivity (Wildman–Crippen MR) is 112 cm³/mol. The number of fused-ring (bicyclic) bond motifs is 1. The van der Waals surface area contributed by atoms with E-state index in [0.29, 0.717) is 16.8 Å². The number of methoxy groups -OCH3 is 1. The van der Waals surface area contributed by atoms with Gasteiger partial charge in [-0.25, -0.2) is 9.78 Å². The molecule has 4 rings (SSSR count). The van der Waals surface area contributed by atoms with E-state index in [2.05, 4.69) is 4.98 Å². The van der Waals surface area contributed by atoms with Crippen LogP contribution in [-0.2, 0) is 4.74 Å². The molecule has 0 aliphatic rings. The number of ether oxygens (including phenoxy) is 2. The summed E-state index contributed by atoms with van der Waals surface area (Å²) in [6.07, 6.45) is 0. The molecule has 0 amide bonds. The first-order valence-electron chi connectivity index (χ1n) is 8.95. The van der Waals surface area contributed by atoms with Crippen LogP contribution in [0.3, 0.4) is 0 Å². The van der Waals surface area contributed by atoms with Crippen LogP contribution in [0.2, 0.25) is 0 Å². The summed E-state index contributed by atoms with van der Waals surface area (Å²) in [5, 5.41) is 2.82. The standard InChI is InChI=1S/C22H17NO5S/c1-3-27-22(25)20-18(16-12-29-21(23-16)13-7-5-4-6-8-13)19(24)15-10-9-14(26-2)11-17(15)28-20/h4-12H,3H2,1-2H3. The summed E-state index contributed by atoms with van der Waals surface area (Å²) in [5.74, 6) is -0.357. The van der Waals surface area contributed by atoms with E-state index in [9.17, 15) is 9.59 Å². The lowest BCUT2D eigenvalue weighted by molar-refractivity contribution is 0.0492. The van der Waals surface area contributed by atoms with E-state index in [4.69, 9.17) is 13.9 Å². The SMILES string of the molecule is CCOC(=O)c1oc2cc(OC)ccc2c(=O)c1-c1csc(-c2ccccc2)n1. The van der Waals surface area contributed by atoms with Gasteiger partial charge in [0, 0.05) is 17.0 Å². The van der Waals surface area contributed by atoms with Crippen molar-refractivity contribution in [2.45, 2.75) is 6.92 Å². The molecule has 0 atom stereocenters. The maximum absolute atomic E-state index is 13.3. The topological polar surface area (TPSA) is 78.6 Å². The second kappa shape index (κ2) is 7.89. The molecule has 7 heteroatoms. The molecule has 4 aromatic rings. The van der Waals surface area contributed by atoms with Gasteiger partial charge in [0.05, 0.1) is 30.4 Å². The van der Waals surface area contributed by atoms with Crippen molar-refractivity contribution in [3.63, 3.8) is 0 Å². The smallest absolute Gasteiger partial charge is 0.375 e. The van der Waals surface area contributed by atoms with Gasteiger partial charge in [0.15, 0.2) is 0 Å². The highest BCUT2D eigenvalue weighted by atomic mass is 32.1. The number of carbonyl (C=O) groups is 1. The van der Waals surface area contributed by atoms with Crippen LogP contribution in [0, 0.1) is 0 Å². The molecule has 0 fully saturated rings. The van der Waals surface area contributed by atoms with Crippen LogP contribution in [0.4, 0.5) is 0 Å². The fraction of sp³-hybridized carbons (Fsp3) is 0.136. The molecule has 2 heterocycles. The lowest BCUT2D eigenvalue weighted by Gasteiger charge is -2.08. The van der Waals surface area contributed by atoms with Crippen molar-refractivity contribution in [1.82, 2.24) is 4.98 Å².